The largest absolute Gasteiger partial charge is 0.372 e. The number of nitrogens with zero attached hydrogens (tertiary/aromatic N) is 1. The summed E-state index contributed by atoms with van der Waals surface area (Å²) in [7, 11) is 0. The van der Waals surface area contributed by atoms with Crippen molar-refractivity contribution in [2.75, 3.05) is 23.3 Å². The van der Waals surface area contributed by atoms with E-state index in [1.165, 1.54) is 18.5 Å². The Morgan fingerprint density at radius 1 is 1.04 bits per heavy atom. The predicted octanol–water partition coefficient (Wildman–Crippen LogP) is 4.22. The van der Waals surface area contributed by atoms with Gasteiger partial charge in [-0.15, -0.1) is 0 Å². The molecule has 2 aromatic carbocycles. The molecule has 148 valence electrons. The monoisotopic (exact) mass is 399 g/mol. The minimum atomic E-state index is -0.337. The first kappa shape index (κ1) is 20.2. The Kier molecular flexibility index (Phi) is 6.93. The maximum atomic E-state index is 12.1. The molecule has 0 saturated carbocycles. The number of piperidine rings is 1. The molecule has 0 unspecified atom stereocenters. The molecule has 0 aromatic heterocycles. The second-order valence-corrected chi connectivity index (χ2v) is 7.72. The average molecular weight is 400 g/mol. The van der Waals surface area contributed by atoms with Gasteiger partial charge in [0.25, 0.3) is 0 Å². The zero-order chi connectivity index (χ0) is 19.9. The lowest BCUT2D eigenvalue weighted by Crippen LogP contribution is -2.32. The second kappa shape index (κ2) is 9.60. The molecule has 0 radical (unpaired) electrons. The van der Waals surface area contributed by atoms with Crippen LogP contribution in [0.5, 0.6) is 0 Å². The first-order valence-electron chi connectivity index (χ1n) is 9.66. The number of carbonyl (C=O) groups excluding carboxylic acids is 2. The smallest absolute Gasteiger partial charge is 0.233 e. The van der Waals surface area contributed by atoms with Crippen LogP contribution in [0.15, 0.2) is 48.5 Å². The average Bonchev–Trinajstić information content (AvgIpc) is 2.68. The summed E-state index contributed by atoms with van der Waals surface area (Å²) in [4.78, 5) is 26.5. The van der Waals surface area contributed by atoms with Crippen molar-refractivity contribution in [2.24, 2.45) is 5.92 Å². The van der Waals surface area contributed by atoms with Gasteiger partial charge in [-0.3, -0.25) is 9.59 Å². The van der Waals surface area contributed by atoms with Gasteiger partial charge in [0, 0.05) is 36.0 Å². The molecule has 5 nitrogen and oxygen atoms in total. The summed E-state index contributed by atoms with van der Waals surface area (Å²) >= 11 is 6.06. The Morgan fingerprint density at radius 2 is 1.71 bits per heavy atom. The number of anilines is 2. The molecule has 6 heteroatoms. The van der Waals surface area contributed by atoms with Gasteiger partial charge < -0.3 is 15.5 Å². The first-order valence-corrected chi connectivity index (χ1v) is 10.0. The van der Waals surface area contributed by atoms with Gasteiger partial charge in [-0.2, -0.15) is 0 Å². The molecule has 0 atom stereocenters. The van der Waals surface area contributed by atoms with Crippen LogP contribution in [0.1, 0.15) is 31.7 Å². The molecule has 1 aliphatic heterocycles. The van der Waals surface area contributed by atoms with Gasteiger partial charge in [0.15, 0.2) is 0 Å². The number of nitrogens with one attached hydrogen (secondary N) is 2. The van der Waals surface area contributed by atoms with E-state index in [0.29, 0.717) is 17.3 Å². The molecule has 1 saturated heterocycles. The maximum absolute atomic E-state index is 12.1. The van der Waals surface area contributed by atoms with Crippen molar-refractivity contribution in [3.05, 3.63) is 59.1 Å². The van der Waals surface area contributed by atoms with Crippen molar-refractivity contribution in [3.8, 4) is 0 Å². The summed E-state index contributed by atoms with van der Waals surface area (Å²) in [5.41, 5.74) is 2.68. The number of benzene rings is 2. The molecule has 0 spiro atoms. The molecular weight excluding hydrogens is 374 g/mol. The highest BCUT2D eigenvalue weighted by Gasteiger charge is 2.16. The number of hydrogen-bond donors (Lipinski definition) is 2. The van der Waals surface area contributed by atoms with Gasteiger partial charge in [0.2, 0.25) is 11.8 Å². The SMILES string of the molecule is CC1CCN(c2ccc(NC(=O)CC(=O)NCc3ccccc3Cl)cc2)CC1. The third kappa shape index (κ3) is 5.73. The Labute approximate surface area is 171 Å². The van der Waals surface area contributed by atoms with E-state index >= 15 is 0 Å². The maximum Gasteiger partial charge on any atom is 0.233 e. The van der Waals surface area contributed by atoms with Gasteiger partial charge in [-0.25, -0.2) is 0 Å². The van der Waals surface area contributed by atoms with E-state index in [4.69, 9.17) is 11.6 Å². The van der Waals surface area contributed by atoms with E-state index in [2.05, 4.69) is 22.5 Å². The van der Waals surface area contributed by atoms with E-state index in [0.717, 1.165) is 24.6 Å². The highest BCUT2D eigenvalue weighted by molar-refractivity contribution is 6.31. The number of hydrogen-bond acceptors (Lipinski definition) is 3. The van der Waals surface area contributed by atoms with Crippen molar-refractivity contribution >= 4 is 34.8 Å². The van der Waals surface area contributed by atoms with Gasteiger partial charge in [-0.05, 0) is 54.7 Å². The highest BCUT2D eigenvalue weighted by Crippen LogP contribution is 2.24. The summed E-state index contributed by atoms with van der Waals surface area (Å²) < 4.78 is 0. The molecule has 2 aromatic rings. The molecule has 1 fully saturated rings. The van der Waals surface area contributed by atoms with Crippen molar-refractivity contribution in [2.45, 2.75) is 32.7 Å². The fourth-order valence-electron chi connectivity index (χ4n) is 3.27. The molecule has 1 heterocycles. The van der Waals surface area contributed by atoms with Gasteiger partial charge in [-0.1, -0.05) is 36.7 Å². The molecule has 2 N–H and O–H groups in total. The number of amides is 2. The standard InChI is InChI=1S/C22H26ClN3O2/c1-16-10-12-26(13-11-16)19-8-6-18(7-9-19)25-22(28)14-21(27)24-15-17-4-2-3-5-20(17)23/h2-9,16H,10-15H2,1H3,(H,24,27)(H,25,28). The molecule has 1 aliphatic rings. The Hall–Kier alpha value is -2.53. The molecule has 0 bridgehead atoms. The summed E-state index contributed by atoms with van der Waals surface area (Å²) in [6.07, 6.45) is 2.19. The van der Waals surface area contributed by atoms with Crippen molar-refractivity contribution in [1.29, 1.82) is 0 Å². The van der Waals surface area contributed by atoms with Crippen molar-refractivity contribution < 1.29 is 9.59 Å². The number of carbonyl (C=O) groups is 2. The third-order valence-electron chi connectivity index (χ3n) is 5.05. The van der Waals surface area contributed by atoms with Gasteiger partial charge in [0.1, 0.15) is 6.42 Å². The van der Waals surface area contributed by atoms with E-state index in [9.17, 15) is 9.59 Å². The normalized spacial score (nSPS) is 14.6. The van der Waals surface area contributed by atoms with Crippen LogP contribution in [0, 0.1) is 5.92 Å². The van der Waals surface area contributed by atoms with Gasteiger partial charge in [0.05, 0.1) is 0 Å². The van der Waals surface area contributed by atoms with Gasteiger partial charge >= 0.3 is 0 Å². The fraction of sp³-hybridized carbons (Fsp3) is 0.364. The van der Waals surface area contributed by atoms with Crippen molar-refractivity contribution in [3.63, 3.8) is 0 Å². The molecular formula is C22H26ClN3O2. The zero-order valence-corrected chi connectivity index (χ0v) is 16.8. The molecule has 3 rings (SSSR count). The van der Waals surface area contributed by atoms with Crippen LogP contribution < -0.4 is 15.5 Å². The molecule has 0 aliphatic carbocycles. The van der Waals surface area contributed by atoms with Crippen molar-refractivity contribution in [1.82, 2.24) is 5.32 Å². The summed E-state index contributed by atoms with van der Waals surface area (Å²) in [6.45, 7) is 4.73. The fourth-order valence-corrected chi connectivity index (χ4v) is 3.47. The summed E-state index contributed by atoms with van der Waals surface area (Å²) in [5.74, 6) is 0.117. The Balaban J connectivity index is 1.45. The van der Waals surface area contributed by atoms with Crippen LogP contribution in [0.2, 0.25) is 5.02 Å². The summed E-state index contributed by atoms with van der Waals surface area (Å²) in [5, 5.41) is 6.09. The minimum absolute atomic E-state index is 0.226. The quantitative estimate of drug-likeness (QED) is 0.715. The second-order valence-electron chi connectivity index (χ2n) is 7.31. The Bertz CT molecular complexity index is 815. The van der Waals surface area contributed by atoms with E-state index in [1.54, 1.807) is 6.07 Å². The lowest BCUT2D eigenvalue weighted by atomic mass is 9.99. The zero-order valence-electron chi connectivity index (χ0n) is 16.1. The summed E-state index contributed by atoms with van der Waals surface area (Å²) in [6, 6.07) is 15.1. The van der Waals surface area contributed by atoms with Crippen LogP contribution >= 0.6 is 11.6 Å². The highest BCUT2D eigenvalue weighted by atomic mass is 35.5. The van der Waals surface area contributed by atoms with E-state index < -0.39 is 0 Å². The van der Waals surface area contributed by atoms with E-state index in [-0.39, 0.29) is 18.2 Å². The van der Waals surface area contributed by atoms with Crippen LogP contribution in [0.4, 0.5) is 11.4 Å². The first-order chi connectivity index (χ1) is 13.5. The van der Waals surface area contributed by atoms with Crippen LogP contribution in [0.25, 0.3) is 0 Å². The van der Waals surface area contributed by atoms with Crippen LogP contribution in [-0.2, 0) is 16.1 Å². The lowest BCUT2D eigenvalue weighted by molar-refractivity contribution is -0.126. The molecule has 28 heavy (non-hydrogen) atoms. The Morgan fingerprint density at radius 3 is 2.39 bits per heavy atom. The third-order valence-corrected chi connectivity index (χ3v) is 5.42. The predicted molar refractivity (Wildman–Crippen MR) is 114 cm³/mol. The van der Waals surface area contributed by atoms with Crippen LogP contribution in [0.3, 0.4) is 0 Å². The lowest BCUT2D eigenvalue weighted by Gasteiger charge is -2.32. The minimum Gasteiger partial charge on any atom is -0.372 e. The molecule has 2 amide bonds. The topological polar surface area (TPSA) is 61.4 Å². The number of halogens is 1. The number of rotatable bonds is 6. The van der Waals surface area contributed by atoms with Crippen LogP contribution in [-0.4, -0.2) is 24.9 Å². The van der Waals surface area contributed by atoms with E-state index in [1.807, 2.05) is 42.5 Å².